The predicted octanol–water partition coefficient (Wildman–Crippen LogP) is 0.975. The number of anilines is 1. The van der Waals surface area contributed by atoms with Crippen LogP contribution in [0.15, 0.2) is 24.3 Å². The zero-order valence-electron chi connectivity index (χ0n) is 11.1. The average Bonchev–Trinajstić information content (AvgIpc) is 2.34. The van der Waals surface area contributed by atoms with E-state index in [0.717, 1.165) is 5.56 Å². The van der Waals surface area contributed by atoms with Gasteiger partial charge in [0.05, 0.1) is 6.10 Å². The van der Waals surface area contributed by atoms with Crippen molar-refractivity contribution >= 4 is 17.7 Å². The number of urea groups is 1. The van der Waals surface area contributed by atoms with Gasteiger partial charge in [-0.2, -0.15) is 0 Å². The molecule has 3 N–H and O–H groups in total. The molecule has 0 saturated heterocycles. The number of nitrogens with zero attached hydrogens (tertiary/aromatic N) is 1. The maximum Gasteiger partial charge on any atom is 0.328 e. The van der Waals surface area contributed by atoms with Crippen LogP contribution in [0.5, 0.6) is 0 Å². The SMILES string of the molecule is Cc1ccc(N(C)C(=O)NC(C(=O)O)C(C)O)cc1. The number of carbonyl (C=O) groups excluding carboxylic acids is 1. The molecule has 1 aromatic rings. The summed E-state index contributed by atoms with van der Waals surface area (Å²) in [5, 5.41) is 20.5. The molecule has 0 aliphatic carbocycles. The number of nitrogens with one attached hydrogen (secondary N) is 1. The van der Waals surface area contributed by atoms with E-state index in [0.29, 0.717) is 5.69 Å². The Labute approximate surface area is 111 Å². The van der Waals surface area contributed by atoms with E-state index < -0.39 is 24.1 Å². The zero-order chi connectivity index (χ0) is 14.6. The first-order valence-corrected chi connectivity index (χ1v) is 5.84. The molecule has 0 radical (unpaired) electrons. The lowest BCUT2D eigenvalue weighted by Crippen LogP contribution is -2.51. The molecule has 19 heavy (non-hydrogen) atoms. The lowest BCUT2D eigenvalue weighted by atomic mass is 10.2. The number of rotatable bonds is 4. The van der Waals surface area contributed by atoms with Crippen molar-refractivity contribution in [2.24, 2.45) is 0 Å². The minimum atomic E-state index is -1.33. The van der Waals surface area contributed by atoms with Gasteiger partial charge in [-0.05, 0) is 26.0 Å². The van der Waals surface area contributed by atoms with Crippen LogP contribution >= 0.6 is 0 Å². The summed E-state index contributed by atoms with van der Waals surface area (Å²) in [6.45, 7) is 3.24. The zero-order valence-corrected chi connectivity index (χ0v) is 11.1. The molecule has 1 aromatic carbocycles. The maximum absolute atomic E-state index is 11.9. The second-order valence-corrected chi connectivity index (χ2v) is 4.40. The van der Waals surface area contributed by atoms with Crippen molar-refractivity contribution in [3.63, 3.8) is 0 Å². The molecule has 6 nitrogen and oxygen atoms in total. The van der Waals surface area contributed by atoms with Gasteiger partial charge in [0, 0.05) is 12.7 Å². The number of amides is 2. The monoisotopic (exact) mass is 266 g/mol. The van der Waals surface area contributed by atoms with Crippen molar-refractivity contribution in [2.45, 2.75) is 26.0 Å². The van der Waals surface area contributed by atoms with E-state index in [2.05, 4.69) is 5.32 Å². The molecule has 2 amide bonds. The third-order valence-corrected chi connectivity index (χ3v) is 2.75. The Morgan fingerprint density at radius 2 is 1.79 bits per heavy atom. The molecule has 0 aromatic heterocycles. The summed E-state index contributed by atoms with van der Waals surface area (Å²) in [4.78, 5) is 24.1. The minimum absolute atomic E-state index is 0.586. The van der Waals surface area contributed by atoms with Gasteiger partial charge in [0.15, 0.2) is 6.04 Å². The molecule has 0 spiro atoms. The summed E-state index contributed by atoms with van der Waals surface area (Å²) in [5.41, 5.74) is 1.70. The van der Waals surface area contributed by atoms with Crippen molar-refractivity contribution in [1.82, 2.24) is 5.32 Å². The summed E-state index contributed by atoms with van der Waals surface area (Å²) >= 11 is 0. The summed E-state index contributed by atoms with van der Waals surface area (Å²) in [6, 6.07) is 5.29. The highest BCUT2D eigenvalue weighted by Crippen LogP contribution is 2.13. The Morgan fingerprint density at radius 1 is 1.26 bits per heavy atom. The van der Waals surface area contributed by atoms with Crippen LogP contribution in [0.4, 0.5) is 10.5 Å². The van der Waals surface area contributed by atoms with Crippen molar-refractivity contribution in [2.75, 3.05) is 11.9 Å². The van der Waals surface area contributed by atoms with E-state index in [1.807, 2.05) is 19.1 Å². The molecular weight excluding hydrogens is 248 g/mol. The average molecular weight is 266 g/mol. The fraction of sp³-hybridized carbons (Fsp3) is 0.385. The second kappa shape index (κ2) is 6.19. The first-order valence-electron chi connectivity index (χ1n) is 5.84. The molecule has 0 bridgehead atoms. The van der Waals surface area contributed by atoms with Gasteiger partial charge in [0.1, 0.15) is 0 Å². The molecular formula is C13H18N2O4. The third kappa shape index (κ3) is 3.96. The smallest absolute Gasteiger partial charge is 0.328 e. The molecule has 2 unspecified atom stereocenters. The highest BCUT2D eigenvalue weighted by Gasteiger charge is 2.26. The highest BCUT2D eigenvalue weighted by molar-refractivity contribution is 5.94. The Kier molecular flexibility index (Phi) is 4.88. The summed E-state index contributed by atoms with van der Waals surface area (Å²) in [7, 11) is 1.53. The minimum Gasteiger partial charge on any atom is -0.480 e. The summed E-state index contributed by atoms with van der Waals surface area (Å²) in [5.74, 6) is -1.28. The van der Waals surface area contributed by atoms with E-state index in [1.165, 1.54) is 18.9 Å². The number of aliphatic hydroxyl groups excluding tert-OH is 1. The standard InChI is InChI=1S/C13H18N2O4/c1-8-4-6-10(7-5-8)15(3)13(19)14-11(9(2)16)12(17)18/h4-7,9,11,16H,1-3H3,(H,14,19)(H,17,18). The predicted molar refractivity (Wildman–Crippen MR) is 71.2 cm³/mol. The van der Waals surface area contributed by atoms with Crippen LogP contribution in [0.2, 0.25) is 0 Å². The Bertz CT molecular complexity index is 456. The quantitative estimate of drug-likeness (QED) is 0.757. The van der Waals surface area contributed by atoms with Gasteiger partial charge in [0.25, 0.3) is 0 Å². The van der Waals surface area contributed by atoms with E-state index in [4.69, 9.17) is 5.11 Å². The number of aliphatic carboxylic acids is 1. The first kappa shape index (κ1) is 15.0. The summed E-state index contributed by atoms with van der Waals surface area (Å²) < 4.78 is 0. The number of carboxylic acids is 1. The topological polar surface area (TPSA) is 89.9 Å². The van der Waals surface area contributed by atoms with E-state index in [-0.39, 0.29) is 0 Å². The van der Waals surface area contributed by atoms with Gasteiger partial charge in [-0.3, -0.25) is 4.90 Å². The van der Waals surface area contributed by atoms with Crippen LogP contribution in [0.3, 0.4) is 0 Å². The molecule has 0 fully saturated rings. The van der Waals surface area contributed by atoms with Crippen LogP contribution in [0.25, 0.3) is 0 Å². The molecule has 0 aliphatic rings. The van der Waals surface area contributed by atoms with Crippen molar-refractivity contribution in [1.29, 1.82) is 0 Å². The first-order chi connectivity index (χ1) is 8.82. The molecule has 2 atom stereocenters. The number of aliphatic hydroxyl groups is 1. The number of carbonyl (C=O) groups is 2. The van der Waals surface area contributed by atoms with E-state index >= 15 is 0 Å². The third-order valence-electron chi connectivity index (χ3n) is 2.75. The largest absolute Gasteiger partial charge is 0.480 e. The van der Waals surface area contributed by atoms with Crippen LogP contribution in [0, 0.1) is 6.92 Å². The molecule has 0 aliphatic heterocycles. The Balaban J connectivity index is 2.77. The fourth-order valence-corrected chi connectivity index (χ4v) is 1.50. The summed E-state index contributed by atoms with van der Waals surface area (Å²) in [6.07, 6.45) is -1.17. The normalized spacial score (nSPS) is 13.5. The molecule has 6 heteroatoms. The lowest BCUT2D eigenvalue weighted by molar-refractivity contribution is -0.141. The van der Waals surface area contributed by atoms with Crippen molar-refractivity contribution < 1.29 is 19.8 Å². The van der Waals surface area contributed by atoms with E-state index in [9.17, 15) is 14.7 Å². The van der Waals surface area contributed by atoms with E-state index in [1.54, 1.807) is 12.1 Å². The van der Waals surface area contributed by atoms with Gasteiger partial charge in [-0.1, -0.05) is 17.7 Å². The van der Waals surface area contributed by atoms with Crippen LogP contribution in [-0.2, 0) is 4.79 Å². The van der Waals surface area contributed by atoms with Crippen molar-refractivity contribution in [3.8, 4) is 0 Å². The van der Waals surface area contributed by atoms with Crippen LogP contribution < -0.4 is 10.2 Å². The second-order valence-electron chi connectivity index (χ2n) is 4.40. The van der Waals surface area contributed by atoms with Crippen LogP contribution in [0.1, 0.15) is 12.5 Å². The Hall–Kier alpha value is -2.08. The van der Waals surface area contributed by atoms with Gasteiger partial charge < -0.3 is 15.5 Å². The van der Waals surface area contributed by atoms with Gasteiger partial charge in [0.2, 0.25) is 0 Å². The molecule has 104 valence electrons. The van der Waals surface area contributed by atoms with Gasteiger partial charge in [-0.25, -0.2) is 9.59 Å². The maximum atomic E-state index is 11.9. The molecule has 1 rings (SSSR count). The number of hydrogen-bond acceptors (Lipinski definition) is 3. The fourth-order valence-electron chi connectivity index (χ4n) is 1.50. The number of benzene rings is 1. The molecule has 0 heterocycles. The number of hydrogen-bond donors (Lipinski definition) is 3. The number of aryl methyl sites for hydroxylation is 1. The lowest BCUT2D eigenvalue weighted by Gasteiger charge is -2.22. The number of carboxylic acid groups (broad SMARTS) is 1. The highest BCUT2D eigenvalue weighted by atomic mass is 16.4. The van der Waals surface area contributed by atoms with Crippen molar-refractivity contribution in [3.05, 3.63) is 29.8 Å². The Morgan fingerprint density at radius 3 is 2.21 bits per heavy atom. The van der Waals surface area contributed by atoms with Crippen LogP contribution in [-0.4, -0.2) is 41.4 Å². The molecule has 0 saturated carbocycles. The van der Waals surface area contributed by atoms with Gasteiger partial charge >= 0.3 is 12.0 Å². The van der Waals surface area contributed by atoms with Gasteiger partial charge in [-0.15, -0.1) is 0 Å².